The maximum absolute atomic E-state index is 9.57. The van der Waals surface area contributed by atoms with Crippen LogP contribution >= 0.6 is 0 Å². The molecule has 5 heteroatoms. The Morgan fingerprint density at radius 1 is 1.05 bits per heavy atom. The van der Waals surface area contributed by atoms with Gasteiger partial charge in [-0.25, -0.2) is 0 Å². The largest absolute Gasteiger partial charge is 0.425 e. The molecule has 0 unspecified atom stereocenters. The first-order chi connectivity index (χ1) is 10.2. The van der Waals surface area contributed by atoms with Gasteiger partial charge in [0.1, 0.15) is 0 Å². The van der Waals surface area contributed by atoms with Crippen molar-refractivity contribution < 1.29 is 9.52 Å². The molecule has 21 heavy (non-hydrogen) atoms. The molecule has 2 fully saturated rings. The average Bonchev–Trinajstić information content (AvgIpc) is 3.11. The van der Waals surface area contributed by atoms with Crippen molar-refractivity contribution in [2.75, 3.05) is 0 Å². The van der Waals surface area contributed by atoms with Gasteiger partial charge < -0.3 is 14.8 Å². The lowest BCUT2D eigenvalue weighted by Crippen LogP contribution is -2.40. The minimum Gasteiger partial charge on any atom is -0.425 e. The maximum Gasteiger partial charge on any atom is 0.216 e. The standard InChI is InChI=1S/C16H27N3O2/c1-2-15-18-19-16(21-15)10-11-3-4-13(9-11)17-12-5-7-14(20)8-6-12/h11-14,17,20H,2-10H2,1H3/t11-,12?,13+,14?/m1/s1. The van der Waals surface area contributed by atoms with Crippen molar-refractivity contribution in [3.8, 4) is 0 Å². The third-order valence-electron chi connectivity index (χ3n) is 4.98. The molecule has 0 aromatic carbocycles. The zero-order valence-electron chi connectivity index (χ0n) is 12.9. The van der Waals surface area contributed by atoms with Gasteiger partial charge in [0, 0.05) is 24.9 Å². The Morgan fingerprint density at radius 3 is 2.48 bits per heavy atom. The number of aromatic nitrogens is 2. The van der Waals surface area contributed by atoms with Crippen molar-refractivity contribution in [3.05, 3.63) is 11.8 Å². The molecule has 0 amide bonds. The summed E-state index contributed by atoms with van der Waals surface area (Å²) in [5, 5.41) is 21.5. The summed E-state index contributed by atoms with van der Waals surface area (Å²) in [5.41, 5.74) is 0. The number of aliphatic hydroxyl groups is 1. The minimum absolute atomic E-state index is 0.0651. The van der Waals surface area contributed by atoms with E-state index in [-0.39, 0.29) is 6.10 Å². The van der Waals surface area contributed by atoms with Crippen LogP contribution in [-0.2, 0) is 12.8 Å². The summed E-state index contributed by atoms with van der Waals surface area (Å²) in [6.07, 6.45) is 9.52. The van der Waals surface area contributed by atoms with Crippen LogP contribution < -0.4 is 5.32 Å². The van der Waals surface area contributed by atoms with E-state index < -0.39 is 0 Å². The summed E-state index contributed by atoms with van der Waals surface area (Å²) in [6.45, 7) is 2.04. The van der Waals surface area contributed by atoms with Crippen molar-refractivity contribution in [3.63, 3.8) is 0 Å². The van der Waals surface area contributed by atoms with Crippen LogP contribution in [0.3, 0.4) is 0 Å². The fraction of sp³-hybridized carbons (Fsp3) is 0.875. The van der Waals surface area contributed by atoms with E-state index in [4.69, 9.17) is 4.42 Å². The minimum atomic E-state index is -0.0651. The highest BCUT2D eigenvalue weighted by atomic mass is 16.4. The molecule has 1 heterocycles. The molecule has 118 valence electrons. The van der Waals surface area contributed by atoms with Crippen molar-refractivity contribution in [2.45, 2.75) is 82.9 Å². The van der Waals surface area contributed by atoms with Crippen LogP contribution in [0, 0.1) is 5.92 Å². The lowest BCUT2D eigenvalue weighted by Gasteiger charge is -2.29. The Labute approximate surface area is 126 Å². The molecule has 2 atom stereocenters. The number of hydrogen-bond acceptors (Lipinski definition) is 5. The van der Waals surface area contributed by atoms with Crippen LogP contribution in [0.2, 0.25) is 0 Å². The highest BCUT2D eigenvalue weighted by Crippen LogP contribution is 2.30. The normalized spacial score (nSPS) is 33.4. The summed E-state index contributed by atoms with van der Waals surface area (Å²) in [6, 6.07) is 1.23. The molecule has 2 aliphatic rings. The number of aryl methyl sites for hydroxylation is 1. The van der Waals surface area contributed by atoms with Gasteiger partial charge in [-0.3, -0.25) is 0 Å². The predicted molar refractivity (Wildman–Crippen MR) is 79.9 cm³/mol. The molecule has 2 saturated carbocycles. The SMILES string of the molecule is CCc1nnc(C[C@@H]2CC[C@H](NC3CCC(O)CC3)C2)o1. The van der Waals surface area contributed by atoms with Crippen LogP contribution in [0.5, 0.6) is 0 Å². The van der Waals surface area contributed by atoms with Crippen molar-refractivity contribution >= 4 is 0 Å². The zero-order valence-corrected chi connectivity index (χ0v) is 12.9. The second-order valence-corrected chi connectivity index (χ2v) is 6.70. The van der Waals surface area contributed by atoms with Gasteiger partial charge in [0.05, 0.1) is 6.10 Å². The van der Waals surface area contributed by atoms with E-state index in [1.165, 1.54) is 19.3 Å². The lowest BCUT2D eigenvalue weighted by molar-refractivity contribution is 0.114. The van der Waals surface area contributed by atoms with Crippen molar-refractivity contribution in [2.24, 2.45) is 5.92 Å². The van der Waals surface area contributed by atoms with E-state index in [9.17, 15) is 5.11 Å². The predicted octanol–water partition coefficient (Wildman–Crippen LogP) is 2.24. The molecule has 0 spiro atoms. The van der Waals surface area contributed by atoms with Gasteiger partial charge in [-0.2, -0.15) is 0 Å². The summed E-state index contributed by atoms with van der Waals surface area (Å²) < 4.78 is 5.62. The van der Waals surface area contributed by atoms with E-state index in [1.54, 1.807) is 0 Å². The number of nitrogens with zero attached hydrogens (tertiary/aromatic N) is 2. The molecule has 0 saturated heterocycles. The van der Waals surface area contributed by atoms with Crippen molar-refractivity contribution in [1.29, 1.82) is 0 Å². The van der Waals surface area contributed by atoms with Gasteiger partial charge in [0.25, 0.3) is 0 Å². The Kier molecular flexibility index (Phi) is 4.91. The van der Waals surface area contributed by atoms with Crippen LogP contribution in [0.1, 0.15) is 63.7 Å². The highest BCUT2D eigenvalue weighted by Gasteiger charge is 2.29. The molecule has 5 nitrogen and oxygen atoms in total. The summed E-state index contributed by atoms with van der Waals surface area (Å²) >= 11 is 0. The first-order valence-electron chi connectivity index (χ1n) is 8.48. The molecule has 1 aromatic heterocycles. The Morgan fingerprint density at radius 2 is 1.76 bits per heavy atom. The van der Waals surface area contributed by atoms with E-state index >= 15 is 0 Å². The smallest absolute Gasteiger partial charge is 0.216 e. The van der Waals surface area contributed by atoms with E-state index in [1.807, 2.05) is 6.92 Å². The van der Waals surface area contributed by atoms with E-state index in [0.29, 0.717) is 18.0 Å². The molecule has 1 aromatic rings. The van der Waals surface area contributed by atoms with Gasteiger partial charge in [0.15, 0.2) is 0 Å². The van der Waals surface area contributed by atoms with E-state index in [2.05, 4.69) is 15.5 Å². The fourth-order valence-electron chi connectivity index (χ4n) is 3.75. The lowest BCUT2D eigenvalue weighted by atomic mass is 9.92. The van der Waals surface area contributed by atoms with Gasteiger partial charge in [-0.15, -0.1) is 10.2 Å². The van der Waals surface area contributed by atoms with Crippen LogP contribution in [-0.4, -0.2) is 33.5 Å². The third-order valence-corrected chi connectivity index (χ3v) is 4.98. The number of nitrogens with one attached hydrogen (secondary N) is 1. The molecule has 0 radical (unpaired) electrons. The maximum atomic E-state index is 9.57. The summed E-state index contributed by atoms with van der Waals surface area (Å²) in [4.78, 5) is 0. The number of aliphatic hydroxyl groups excluding tert-OH is 1. The molecular formula is C16H27N3O2. The number of hydrogen-bond donors (Lipinski definition) is 2. The molecular weight excluding hydrogens is 266 g/mol. The zero-order chi connectivity index (χ0) is 14.7. The molecule has 2 aliphatic carbocycles. The van der Waals surface area contributed by atoms with Crippen molar-refractivity contribution in [1.82, 2.24) is 15.5 Å². The first kappa shape index (κ1) is 15.0. The van der Waals surface area contributed by atoms with Gasteiger partial charge >= 0.3 is 0 Å². The van der Waals surface area contributed by atoms with Crippen LogP contribution in [0.25, 0.3) is 0 Å². The van der Waals surface area contributed by atoms with Crippen LogP contribution in [0.4, 0.5) is 0 Å². The second kappa shape index (κ2) is 6.88. The van der Waals surface area contributed by atoms with Gasteiger partial charge in [0.2, 0.25) is 11.8 Å². The summed E-state index contributed by atoms with van der Waals surface area (Å²) in [7, 11) is 0. The molecule has 0 bridgehead atoms. The Hall–Kier alpha value is -0.940. The fourth-order valence-corrected chi connectivity index (χ4v) is 3.75. The molecule has 2 N–H and O–H groups in total. The second-order valence-electron chi connectivity index (χ2n) is 6.70. The number of rotatable bonds is 5. The molecule has 0 aliphatic heterocycles. The Balaban J connectivity index is 1.42. The topological polar surface area (TPSA) is 71.2 Å². The van der Waals surface area contributed by atoms with Gasteiger partial charge in [-0.1, -0.05) is 6.92 Å². The quantitative estimate of drug-likeness (QED) is 0.871. The summed E-state index contributed by atoms with van der Waals surface area (Å²) in [5.74, 6) is 2.22. The third kappa shape index (κ3) is 4.04. The van der Waals surface area contributed by atoms with E-state index in [0.717, 1.165) is 50.3 Å². The monoisotopic (exact) mass is 293 g/mol. The Bertz CT molecular complexity index is 440. The highest BCUT2D eigenvalue weighted by molar-refractivity contribution is 4.90. The molecule has 3 rings (SSSR count). The van der Waals surface area contributed by atoms with Gasteiger partial charge in [-0.05, 0) is 50.9 Å². The first-order valence-corrected chi connectivity index (χ1v) is 8.48. The average molecular weight is 293 g/mol. The van der Waals surface area contributed by atoms with Crippen LogP contribution in [0.15, 0.2) is 4.42 Å².